The molecule has 0 aliphatic rings. The standard InChI is InChI=1S/C24H23N5O/c1-2-18-8-10-20(11-9-18)26-23-16-25-29-24(28-23)27-21-12-14-22(15-13-21)30-17-19-6-4-3-5-7-19/h3-16H,2,17H2,1H3,(H2,26,27,28,29). The Balaban J connectivity index is 1.36. The van der Waals surface area contributed by atoms with Crippen molar-refractivity contribution in [1.82, 2.24) is 15.2 Å². The molecule has 4 rings (SSSR count). The molecule has 1 heterocycles. The van der Waals surface area contributed by atoms with Gasteiger partial charge in [0.2, 0.25) is 5.95 Å². The maximum atomic E-state index is 5.82. The summed E-state index contributed by atoms with van der Waals surface area (Å²) < 4.78 is 5.82. The lowest BCUT2D eigenvalue weighted by molar-refractivity contribution is 0.306. The molecule has 30 heavy (non-hydrogen) atoms. The van der Waals surface area contributed by atoms with Gasteiger partial charge in [-0.3, -0.25) is 0 Å². The van der Waals surface area contributed by atoms with Crippen LogP contribution in [0.1, 0.15) is 18.1 Å². The zero-order valence-corrected chi connectivity index (χ0v) is 16.7. The summed E-state index contributed by atoms with van der Waals surface area (Å²) >= 11 is 0. The summed E-state index contributed by atoms with van der Waals surface area (Å²) in [5, 5.41) is 14.5. The second-order valence-corrected chi connectivity index (χ2v) is 6.76. The summed E-state index contributed by atoms with van der Waals surface area (Å²) in [6.07, 6.45) is 2.61. The maximum Gasteiger partial charge on any atom is 0.249 e. The number of ether oxygens (including phenoxy) is 1. The summed E-state index contributed by atoms with van der Waals surface area (Å²) in [5.41, 5.74) is 4.24. The Morgan fingerprint density at radius 1 is 0.767 bits per heavy atom. The molecule has 3 aromatic carbocycles. The highest BCUT2D eigenvalue weighted by Gasteiger charge is 2.03. The number of benzene rings is 3. The predicted molar refractivity (Wildman–Crippen MR) is 119 cm³/mol. The highest BCUT2D eigenvalue weighted by Crippen LogP contribution is 2.20. The SMILES string of the molecule is CCc1ccc(Nc2cnnc(Nc3ccc(OCc4ccccc4)cc3)n2)cc1. The second-order valence-electron chi connectivity index (χ2n) is 6.76. The van der Waals surface area contributed by atoms with Gasteiger partial charge in [-0.2, -0.15) is 10.1 Å². The van der Waals surface area contributed by atoms with Gasteiger partial charge in [0.15, 0.2) is 5.82 Å². The van der Waals surface area contributed by atoms with E-state index in [1.807, 2.05) is 66.7 Å². The summed E-state index contributed by atoms with van der Waals surface area (Å²) in [6, 6.07) is 26.0. The number of rotatable bonds is 8. The quantitative estimate of drug-likeness (QED) is 0.409. The van der Waals surface area contributed by atoms with Gasteiger partial charge >= 0.3 is 0 Å². The normalized spacial score (nSPS) is 10.4. The Morgan fingerprint density at radius 3 is 2.20 bits per heavy atom. The van der Waals surface area contributed by atoms with Gasteiger partial charge in [-0.25, -0.2) is 0 Å². The van der Waals surface area contributed by atoms with Crippen LogP contribution in [0.15, 0.2) is 85.1 Å². The van der Waals surface area contributed by atoms with Crippen molar-refractivity contribution in [2.24, 2.45) is 0 Å². The average molecular weight is 397 g/mol. The molecule has 0 aliphatic carbocycles. The molecule has 6 nitrogen and oxygen atoms in total. The zero-order valence-electron chi connectivity index (χ0n) is 16.7. The first kappa shape index (κ1) is 19.4. The molecule has 150 valence electrons. The van der Waals surface area contributed by atoms with E-state index in [1.165, 1.54) is 5.56 Å². The smallest absolute Gasteiger partial charge is 0.249 e. The Labute approximate surface area is 176 Å². The van der Waals surface area contributed by atoms with E-state index < -0.39 is 0 Å². The van der Waals surface area contributed by atoms with Crippen LogP contribution in [-0.2, 0) is 13.0 Å². The third-order valence-electron chi connectivity index (χ3n) is 4.55. The van der Waals surface area contributed by atoms with Crippen LogP contribution in [-0.4, -0.2) is 15.2 Å². The van der Waals surface area contributed by atoms with E-state index in [9.17, 15) is 0 Å². The molecular weight excluding hydrogens is 374 g/mol. The number of nitrogens with zero attached hydrogens (tertiary/aromatic N) is 3. The fraction of sp³-hybridized carbons (Fsp3) is 0.125. The largest absolute Gasteiger partial charge is 0.489 e. The van der Waals surface area contributed by atoms with E-state index in [1.54, 1.807) is 6.20 Å². The summed E-state index contributed by atoms with van der Waals surface area (Å²) in [5.74, 6) is 1.84. The number of aryl methyl sites for hydroxylation is 1. The zero-order chi connectivity index (χ0) is 20.6. The van der Waals surface area contributed by atoms with Crippen molar-refractivity contribution in [3.63, 3.8) is 0 Å². The van der Waals surface area contributed by atoms with E-state index in [4.69, 9.17) is 4.74 Å². The third kappa shape index (κ3) is 5.32. The number of aromatic nitrogens is 3. The van der Waals surface area contributed by atoms with Gasteiger partial charge in [0.1, 0.15) is 12.4 Å². The molecule has 0 spiro atoms. The molecule has 0 unspecified atom stereocenters. The van der Waals surface area contributed by atoms with E-state index in [0.29, 0.717) is 18.4 Å². The van der Waals surface area contributed by atoms with Crippen LogP contribution in [0.2, 0.25) is 0 Å². The second kappa shape index (κ2) is 9.52. The Bertz CT molecular complexity index is 1070. The highest BCUT2D eigenvalue weighted by molar-refractivity contribution is 5.59. The minimum absolute atomic E-state index is 0.420. The molecule has 0 amide bonds. The van der Waals surface area contributed by atoms with Gasteiger partial charge in [-0.15, -0.1) is 5.10 Å². The van der Waals surface area contributed by atoms with E-state index >= 15 is 0 Å². The van der Waals surface area contributed by atoms with Gasteiger partial charge in [0.05, 0.1) is 6.20 Å². The van der Waals surface area contributed by atoms with Crippen molar-refractivity contribution < 1.29 is 4.74 Å². The minimum Gasteiger partial charge on any atom is -0.489 e. The van der Waals surface area contributed by atoms with Crippen LogP contribution in [0.4, 0.5) is 23.1 Å². The third-order valence-corrected chi connectivity index (χ3v) is 4.55. The lowest BCUT2D eigenvalue weighted by atomic mass is 10.1. The van der Waals surface area contributed by atoms with Crippen LogP contribution in [0.5, 0.6) is 5.75 Å². The average Bonchev–Trinajstić information content (AvgIpc) is 2.80. The summed E-state index contributed by atoms with van der Waals surface area (Å²) in [4.78, 5) is 4.48. The molecular formula is C24H23N5O. The number of hydrogen-bond donors (Lipinski definition) is 2. The Hall–Kier alpha value is -3.93. The first-order valence-corrected chi connectivity index (χ1v) is 9.88. The highest BCUT2D eigenvalue weighted by atomic mass is 16.5. The van der Waals surface area contributed by atoms with Gasteiger partial charge < -0.3 is 15.4 Å². The fourth-order valence-electron chi connectivity index (χ4n) is 2.89. The van der Waals surface area contributed by atoms with Crippen molar-refractivity contribution in [3.05, 3.63) is 96.2 Å². The lowest BCUT2D eigenvalue weighted by Gasteiger charge is -2.09. The van der Waals surface area contributed by atoms with Crippen LogP contribution in [0.3, 0.4) is 0 Å². The van der Waals surface area contributed by atoms with Crippen molar-refractivity contribution >= 4 is 23.1 Å². The first-order chi connectivity index (χ1) is 14.8. The summed E-state index contributed by atoms with van der Waals surface area (Å²) in [7, 11) is 0. The number of nitrogens with one attached hydrogen (secondary N) is 2. The van der Waals surface area contributed by atoms with Gasteiger partial charge in [-0.05, 0) is 53.9 Å². The van der Waals surface area contributed by atoms with Crippen molar-refractivity contribution in [3.8, 4) is 5.75 Å². The van der Waals surface area contributed by atoms with E-state index in [2.05, 4.69) is 44.9 Å². The number of anilines is 4. The lowest BCUT2D eigenvalue weighted by Crippen LogP contribution is -2.02. The Kier molecular flexibility index (Phi) is 6.15. The van der Waals surface area contributed by atoms with E-state index in [-0.39, 0.29) is 0 Å². The summed E-state index contributed by atoms with van der Waals surface area (Å²) in [6.45, 7) is 2.67. The molecule has 0 aliphatic heterocycles. The Morgan fingerprint density at radius 2 is 1.47 bits per heavy atom. The monoisotopic (exact) mass is 397 g/mol. The number of hydrogen-bond acceptors (Lipinski definition) is 6. The van der Waals surface area contributed by atoms with Crippen LogP contribution < -0.4 is 15.4 Å². The van der Waals surface area contributed by atoms with Gasteiger partial charge in [0, 0.05) is 11.4 Å². The van der Waals surface area contributed by atoms with Crippen molar-refractivity contribution in [1.29, 1.82) is 0 Å². The molecule has 0 atom stereocenters. The van der Waals surface area contributed by atoms with Crippen LogP contribution >= 0.6 is 0 Å². The molecule has 0 saturated heterocycles. The van der Waals surface area contributed by atoms with Crippen molar-refractivity contribution in [2.75, 3.05) is 10.6 Å². The molecule has 6 heteroatoms. The van der Waals surface area contributed by atoms with Crippen molar-refractivity contribution in [2.45, 2.75) is 20.0 Å². The molecule has 0 saturated carbocycles. The molecule has 0 bridgehead atoms. The predicted octanol–water partition coefficient (Wildman–Crippen LogP) is 5.50. The van der Waals surface area contributed by atoms with Gasteiger partial charge in [0.25, 0.3) is 0 Å². The maximum absolute atomic E-state index is 5.82. The van der Waals surface area contributed by atoms with E-state index in [0.717, 1.165) is 29.1 Å². The molecule has 0 fully saturated rings. The molecule has 4 aromatic rings. The fourth-order valence-corrected chi connectivity index (χ4v) is 2.89. The van der Waals surface area contributed by atoms with Crippen LogP contribution in [0, 0.1) is 0 Å². The molecule has 0 radical (unpaired) electrons. The molecule has 1 aromatic heterocycles. The van der Waals surface area contributed by atoms with Crippen LogP contribution in [0.25, 0.3) is 0 Å². The first-order valence-electron chi connectivity index (χ1n) is 9.88. The minimum atomic E-state index is 0.420. The topological polar surface area (TPSA) is 72.0 Å². The molecule has 2 N–H and O–H groups in total. The van der Waals surface area contributed by atoms with Gasteiger partial charge in [-0.1, -0.05) is 49.4 Å².